The van der Waals surface area contributed by atoms with Gasteiger partial charge < -0.3 is 10.1 Å². The molecule has 3 rings (SSSR count). The third-order valence-corrected chi connectivity index (χ3v) is 4.31. The van der Waals surface area contributed by atoms with Gasteiger partial charge in [-0.05, 0) is 76.6 Å². The van der Waals surface area contributed by atoms with E-state index < -0.39 is 5.60 Å². The highest BCUT2D eigenvalue weighted by Crippen LogP contribution is 2.36. The van der Waals surface area contributed by atoms with Crippen LogP contribution >= 0.6 is 0 Å². The summed E-state index contributed by atoms with van der Waals surface area (Å²) in [6, 6.07) is 6.81. The van der Waals surface area contributed by atoms with Crippen LogP contribution in [-0.4, -0.2) is 24.3 Å². The number of benzene rings is 1. The summed E-state index contributed by atoms with van der Waals surface area (Å²) in [4.78, 5) is 14.0. The molecule has 1 aliphatic heterocycles. The molecule has 0 radical (unpaired) electrons. The molecule has 0 aromatic heterocycles. The zero-order valence-corrected chi connectivity index (χ0v) is 14.0. The zero-order valence-electron chi connectivity index (χ0n) is 14.0. The molecule has 1 aromatic rings. The summed E-state index contributed by atoms with van der Waals surface area (Å²) in [5.74, 6) is 0.825. The number of carbonyl (C=O) groups is 1. The minimum absolute atomic E-state index is 0.252. The fourth-order valence-corrected chi connectivity index (χ4v) is 2.98. The molecule has 1 saturated carbocycles. The van der Waals surface area contributed by atoms with Crippen LogP contribution in [0.3, 0.4) is 0 Å². The van der Waals surface area contributed by atoms with Crippen LogP contribution in [0.5, 0.6) is 0 Å². The Morgan fingerprint density at radius 2 is 2.09 bits per heavy atom. The Kier molecular flexibility index (Phi) is 3.79. The molecule has 1 unspecified atom stereocenters. The third kappa shape index (κ3) is 3.37. The van der Waals surface area contributed by atoms with Gasteiger partial charge in [0, 0.05) is 18.3 Å². The van der Waals surface area contributed by atoms with Crippen molar-refractivity contribution >= 4 is 17.5 Å². The van der Waals surface area contributed by atoms with Crippen molar-refractivity contribution in [2.45, 2.75) is 58.6 Å². The second-order valence-electron chi connectivity index (χ2n) is 7.50. The van der Waals surface area contributed by atoms with Gasteiger partial charge in [-0.3, -0.25) is 4.90 Å². The zero-order chi connectivity index (χ0) is 15.9. The van der Waals surface area contributed by atoms with Gasteiger partial charge in [0.2, 0.25) is 0 Å². The minimum atomic E-state index is -0.457. The Balaban J connectivity index is 1.70. The molecule has 0 spiro atoms. The predicted octanol–water partition coefficient (Wildman–Crippen LogP) is 4.19. The Hall–Kier alpha value is -1.71. The van der Waals surface area contributed by atoms with Crippen molar-refractivity contribution < 1.29 is 9.53 Å². The highest BCUT2D eigenvalue weighted by Gasteiger charge is 2.30. The average molecular weight is 302 g/mol. The Morgan fingerprint density at radius 1 is 1.36 bits per heavy atom. The first-order chi connectivity index (χ1) is 10.3. The summed E-state index contributed by atoms with van der Waals surface area (Å²) in [5, 5.41) is 3.58. The van der Waals surface area contributed by atoms with Gasteiger partial charge in [0.15, 0.2) is 0 Å². The van der Waals surface area contributed by atoms with E-state index in [0.717, 1.165) is 23.7 Å². The fourth-order valence-electron chi connectivity index (χ4n) is 2.98. The van der Waals surface area contributed by atoms with E-state index in [-0.39, 0.29) is 6.09 Å². The summed E-state index contributed by atoms with van der Waals surface area (Å²) in [5.41, 5.74) is 2.91. The van der Waals surface area contributed by atoms with Crippen LogP contribution < -0.4 is 10.2 Å². The Morgan fingerprint density at radius 3 is 2.73 bits per heavy atom. The van der Waals surface area contributed by atoms with Gasteiger partial charge >= 0.3 is 6.09 Å². The van der Waals surface area contributed by atoms with Gasteiger partial charge in [0.05, 0.1) is 5.69 Å². The molecule has 0 saturated heterocycles. The van der Waals surface area contributed by atoms with Crippen molar-refractivity contribution in [1.82, 2.24) is 0 Å². The number of nitrogens with zero attached hydrogens (tertiary/aromatic N) is 1. The van der Waals surface area contributed by atoms with Crippen LogP contribution in [0.2, 0.25) is 0 Å². The van der Waals surface area contributed by atoms with Crippen LogP contribution in [0.4, 0.5) is 16.2 Å². The van der Waals surface area contributed by atoms with E-state index in [0.29, 0.717) is 12.6 Å². The summed E-state index contributed by atoms with van der Waals surface area (Å²) in [7, 11) is 0. The van der Waals surface area contributed by atoms with E-state index in [1.165, 1.54) is 18.4 Å². The predicted molar refractivity (Wildman–Crippen MR) is 89.5 cm³/mol. The average Bonchev–Trinajstić information content (AvgIpc) is 3.17. The largest absolute Gasteiger partial charge is 0.443 e. The van der Waals surface area contributed by atoms with E-state index in [1.54, 1.807) is 4.90 Å². The van der Waals surface area contributed by atoms with Crippen LogP contribution in [0, 0.1) is 5.92 Å². The summed E-state index contributed by atoms with van der Waals surface area (Å²) >= 11 is 0. The van der Waals surface area contributed by atoms with Crippen molar-refractivity contribution in [3.8, 4) is 0 Å². The maximum absolute atomic E-state index is 12.3. The first-order valence-corrected chi connectivity index (χ1v) is 8.23. The number of carbonyl (C=O) groups excluding carboxylic acids is 1. The van der Waals surface area contributed by atoms with Crippen molar-refractivity contribution in [2.75, 3.05) is 16.8 Å². The first kappa shape index (κ1) is 15.2. The standard InChI is InChI=1S/C18H26N2O2/c1-12(13-5-6-13)19-15-7-8-16-14(11-15)9-10-20(16)17(21)22-18(2,3)4/h7-8,11-13,19H,5-6,9-10H2,1-4H3. The second kappa shape index (κ2) is 5.49. The fraction of sp³-hybridized carbons (Fsp3) is 0.611. The quantitative estimate of drug-likeness (QED) is 0.910. The van der Waals surface area contributed by atoms with Crippen molar-refractivity contribution in [2.24, 2.45) is 5.92 Å². The lowest BCUT2D eigenvalue weighted by molar-refractivity contribution is 0.0584. The molecule has 4 heteroatoms. The van der Waals surface area contributed by atoms with Gasteiger partial charge in [0.25, 0.3) is 0 Å². The van der Waals surface area contributed by atoms with Gasteiger partial charge in [0.1, 0.15) is 5.60 Å². The lowest BCUT2D eigenvalue weighted by Gasteiger charge is -2.25. The topological polar surface area (TPSA) is 41.6 Å². The van der Waals surface area contributed by atoms with Gasteiger partial charge in [-0.2, -0.15) is 0 Å². The minimum Gasteiger partial charge on any atom is -0.443 e. The smallest absolute Gasteiger partial charge is 0.414 e. The molecule has 2 aliphatic rings. The van der Waals surface area contributed by atoms with Crippen molar-refractivity contribution in [3.05, 3.63) is 23.8 Å². The lowest BCUT2D eigenvalue weighted by Crippen LogP contribution is -2.35. The number of anilines is 2. The normalized spacial score (nSPS) is 18.8. The molecule has 120 valence electrons. The molecule has 1 aliphatic carbocycles. The summed E-state index contributed by atoms with van der Waals surface area (Å²) in [6.45, 7) is 8.64. The Labute approximate surface area is 132 Å². The van der Waals surface area contributed by atoms with Gasteiger partial charge in [-0.1, -0.05) is 0 Å². The number of ether oxygens (including phenoxy) is 1. The maximum Gasteiger partial charge on any atom is 0.414 e. The monoisotopic (exact) mass is 302 g/mol. The number of hydrogen-bond donors (Lipinski definition) is 1. The molecule has 1 fully saturated rings. The molecule has 1 N–H and O–H groups in total. The van der Waals surface area contributed by atoms with Crippen LogP contribution in [0.15, 0.2) is 18.2 Å². The van der Waals surface area contributed by atoms with Crippen molar-refractivity contribution in [1.29, 1.82) is 0 Å². The van der Waals surface area contributed by atoms with E-state index in [9.17, 15) is 4.79 Å². The number of fused-ring (bicyclic) bond motifs is 1. The van der Waals surface area contributed by atoms with Crippen LogP contribution in [0.1, 0.15) is 46.1 Å². The van der Waals surface area contributed by atoms with Crippen LogP contribution in [0.25, 0.3) is 0 Å². The molecule has 22 heavy (non-hydrogen) atoms. The van der Waals surface area contributed by atoms with E-state index in [4.69, 9.17) is 4.74 Å². The lowest BCUT2D eigenvalue weighted by atomic mass is 10.1. The molecule has 0 bridgehead atoms. The summed E-state index contributed by atoms with van der Waals surface area (Å²) < 4.78 is 5.48. The SMILES string of the molecule is CC(Nc1ccc2c(c1)CCN2C(=O)OC(C)(C)C)C1CC1. The third-order valence-electron chi connectivity index (χ3n) is 4.31. The summed E-state index contributed by atoms with van der Waals surface area (Å²) in [6.07, 6.45) is 3.32. The number of hydrogen-bond acceptors (Lipinski definition) is 3. The molecule has 1 atom stereocenters. The number of nitrogens with one attached hydrogen (secondary N) is 1. The molecular weight excluding hydrogens is 276 g/mol. The Bertz CT molecular complexity index is 573. The molecule has 1 amide bonds. The van der Waals surface area contributed by atoms with E-state index >= 15 is 0 Å². The highest BCUT2D eigenvalue weighted by molar-refractivity contribution is 5.91. The van der Waals surface area contributed by atoms with Crippen LogP contribution in [-0.2, 0) is 11.2 Å². The van der Waals surface area contributed by atoms with Gasteiger partial charge in [-0.15, -0.1) is 0 Å². The highest BCUT2D eigenvalue weighted by atomic mass is 16.6. The number of amides is 1. The van der Waals surface area contributed by atoms with E-state index in [2.05, 4.69) is 24.4 Å². The first-order valence-electron chi connectivity index (χ1n) is 8.23. The maximum atomic E-state index is 12.3. The molecule has 1 aromatic carbocycles. The molecular formula is C18H26N2O2. The molecule has 4 nitrogen and oxygen atoms in total. The molecule has 1 heterocycles. The van der Waals surface area contributed by atoms with Gasteiger partial charge in [-0.25, -0.2) is 4.79 Å². The number of rotatable bonds is 3. The second-order valence-corrected chi connectivity index (χ2v) is 7.50. The van der Waals surface area contributed by atoms with Crippen molar-refractivity contribution in [3.63, 3.8) is 0 Å². The van der Waals surface area contributed by atoms with E-state index in [1.807, 2.05) is 26.8 Å².